The van der Waals surface area contributed by atoms with Crippen molar-refractivity contribution >= 4 is 16.3 Å². The average Bonchev–Trinajstić information content (AvgIpc) is 2.65. The van der Waals surface area contributed by atoms with Crippen molar-refractivity contribution in [2.45, 2.75) is 68.3 Å². The molecule has 16 heteroatoms. The molecule has 2 saturated heterocycles. The highest BCUT2D eigenvalue weighted by Gasteiger charge is 2.51. The summed E-state index contributed by atoms with van der Waals surface area (Å²) in [4.78, 5) is 11.4. The normalized spacial score (nSPS) is 42.7. The summed E-state index contributed by atoms with van der Waals surface area (Å²) in [5, 5.41) is 62.1. The molecule has 1 amide bonds. The van der Waals surface area contributed by atoms with Gasteiger partial charge in [-0.25, -0.2) is 4.18 Å². The second kappa shape index (κ2) is 10.1. The van der Waals surface area contributed by atoms with Crippen LogP contribution in [0.25, 0.3) is 0 Å². The lowest BCUT2D eigenvalue weighted by atomic mass is 9.95. The molecule has 8 N–H and O–H groups in total. The maximum atomic E-state index is 11.4. The Balaban J connectivity index is 2.22. The third-order valence-electron chi connectivity index (χ3n) is 4.58. The first kappa shape index (κ1) is 25.2. The largest absolute Gasteiger partial charge is 0.397 e. The molecule has 0 aromatic carbocycles. The standard InChI is InChI=1S/C14H25NO14S/c1-4(17)15-7-12(9(19)5(2-16)27-13(7)22)29-14-11(21)10(20)8(18)6(28-14)3-26-30(23,24)25/h5-14,16,18-22H,2-3H2,1H3,(H,15,17)(H,23,24,25). The van der Waals surface area contributed by atoms with Gasteiger partial charge in [-0.15, -0.1) is 0 Å². The number of carbonyl (C=O) groups is 1. The Morgan fingerprint density at radius 2 is 1.63 bits per heavy atom. The summed E-state index contributed by atoms with van der Waals surface area (Å²) < 4.78 is 49.8. The highest BCUT2D eigenvalue weighted by molar-refractivity contribution is 7.80. The summed E-state index contributed by atoms with van der Waals surface area (Å²) in [5.41, 5.74) is 0. The molecule has 2 rings (SSSR count). The van der Waals surface area contributed by atoms with Crippen LogP contribution >= 0.6 is 0 Å². The number of carbonyl (C=O) groups excluding carboxylic acids is 1. The molecule has 10 unspecified atom stereocenters. The van der Waals surface area contributed by atoms with Gasteiger partial charge < -0.3 is 50.2 Å². The van der Waals surface area contributed by atoms with Crippen LogP contribution in [0.2, 0.25) is 0 Å². The second-order valence-corrected chi connectivity index (χ2v) is 7.88. The molecule has 0 spiro atoms. The van der Waals surface area contributed by atoms with Gasteiger partial charge in [0, 0.05) is 6.92 Å². The van der Waals surface area contributed by atoms with Crippen LogP contribution in [0.1, 0.15) is 6.92 Å². The van der Waals surface area contributed by atoms with E-state index >= 15 is 0 Å². The third kappa shape index (κ3) is 6.02. The van der Waals surface area contributed by atoms with Crippen molar-refractivity contribution in [1.29, 1.82) is 0 Å². The molecule has 0 aliphatic carbocycles. The van der Waals surface area contributed by atoms with Crippen molar-refractivity contribution < 1.29 is 66.8 Å². The number of ether oxygens (including phenoxy) is 3. The molecule has 0 bridgehead atoms. The van der Waals surface area contributed by atoms with Crippen LogP contribution in [0.15, 0.2) is 0 Å². The van der Waals surface area contributed by atoms with Gasteiger partial charge in [0.1, 0.15) is 48.8 Å². The number of aliphatic hydroxyl groups is 6. The SMILES string of the molecule is CC(=O)NC1C(O)OC(CO)C(O)C1OC1OC(COS(=O)(=O)O)C(O)C(O)C1O. The number of nitrogens with one attached hydrogen (secondary N) is 1. The lowest BCUT2D eigenvalue weighted by Crippen LogP contribution is -2.67. The van der Waals surface area contributed by atoms with Gasteiger partial charge in [-0.3, -0.25) is 9.35 Å². The fourth-order valence-electron chi connectivity index (χ4n) is 3.11. The fraction of sp³-hybridized carbons (Fsp3) is 0.929. The molecular weight excluding hydrogens is 438 g/mol. The van der Waals surface area contributed by atoms with Gasteiger partial charge >= 0.3 is 10.4 Å². The molecule has 2 heterocycles. The lowest BCUT2D eigenvalue weighted by molar-refractivity contribution is -0.341. The molecule has 2 fully saturated rings. The number of hydrogen-bond acceptors (Lipinski definition) is 13. The van der Waals surface area contributed by atoms with Crippen LogP contribution in [0.4, 0.5) is 0 Å². The fourth-order valence-corrected chi connectivity index (χ4v) is 3.42. The van der Waals surface area contributed by atoms with E-state index in [0.29, 0.717) is 0 Å². The summed E-state index contributed by atoms with van der Waals surface area (Å²) in [6, 6.07) is -1.40. The van der Waals surface area contributed by atoms with Crippen LogP contribution in [0.5, 0.6) is 0 Å². The predicted octanol–water partition coefficient (Wildman–Crippen LogP) is -5.43. The van der Waals surface area contributed by atoms with E-state index in [2.05, 4.69) is 9.50 Å². The van der Waals surface area contributed by atoms with E-state index in [4.69, 9.17) is 18.8 Å². The van der Waals surface area contributed by atoms with Crippen molar-refractivity contribution in [3.05, 3.63) is 0 Å². The summed E-state index contributed by atoms with van der Waals surface area (Å²) in [6.07, 6.45) is -15.4. The molecular formula is C14H25NO14S. The molecule has 15 nitrogen and oxygen atoms in total. The zero-order valence-corrected chi connectivity index (χ0v) is 16.4. The zero-order chi connectivity index (χ0) is 22.8. The van der Waals surface area contributed by atoms with E-state index in [0.717, 1.165) is 6.92 Å². The quantitative estimate of drug-likeness (QED) is 0.164. The number of hydrogen-bond donors (Lipinski definition) is 8. The average molecular weight is 463 g/mol. The molecule has 30 heavy (non-hydrogen) atoms. The highest BCUT2D eigenvalue weighted by atomic mass is 32.3. The van der Waals surface area contributed by atoms with Crippen LogP contribution in [0.3, 0.4) is 0 Å². The summed E-state index contributed by atoms with van der Waals surface area (Å²) in [7, 11) is -4.91. The van der Waals surface area contributed by atoms with Crippen LogP contribution in [0, 0.1) is 0 Å². The van der Waals surface area contributed by atoms with E-state index in [9.17, 15) is 43.9 Å². The molecule has 0 saturated carbocycles. The third-order valence-corrected chi connectivity index (χ3v) is 5.02. The van der Waals surface area contributed by atoms with E-state index < -0.39 is 90.9 Å². The maximum absolute atomic E-state index is 11.4. The minimum atomic E-state index is -4.91. The molecule has 0 aromatic heterocycles. The van der Waals surface area contributed by atoms with Crippen molar-refractivity contribution in [3.63, 3.8) is 0 Å². The monoisotopic (exact) mass is 463 g/mol. The van der Waals surface area contributed by atoms with Crippen LogP contribution < -0.4 is 5.32 Å². The van der Waals surface area contributed by atoms with Gasteiger partial charge in [0.15, 0.2) is 12.6 Å². The van der Waals surface area contributed by atoms with Gasteiger partial charge in [0.05, 0.1) is 13.2 Å². The zero-order valence-electron chi connectivity index (χ0n) is 15.6. The lowest BCUT2D eigenvalue weighted by Gasteiger charge is -2.46. The molecule has 0 radical (unpaired) electrons. The molecule has 0 aromatic rings. The van der Waals surface area contributed by atoms with Gasteiger partial charge in [-0.05, 0) is 0 Å². The Labute approximate surface area is 170 Å². The van der Waals surface area contributed by atoms with Gasteiger partial charge in [-0.2, -0.15) is 8.42 Å². The first-order chi connectivity index (χ1) is 13.9. The maximum Gasteiger partial charge on any atom is 0.397 e. The van der Waals surface area contributed by atoms with E-state index in [1.165, 1.54) is 0 Å². The Kier molecular flexibility index (Phi) is 8.47. The minimum absolute atomic E-state index is 0.647. The Morgan fingerprint density at radius 1 is 1.00 bits per heavy atom. The summed E-state index contributed by atoms with van der Waals surface area (Å²) in [6.45, 7) is -0.606. The topological polar surface area (TPSA) is 242 Å². The van der Waals surface area contributed by atoms with E-state index in [-0.39, 0.29) is 0 Å². The number of aliphatic hydroxyl groups excluding tert-OH is 6. The smallest absolute Gasteiger partial charge is 0.394 e. The summed E-state index contributed by atoms with van der Waals surface area (Å²) in [5.74, 6) is -0.647. The van der Waals surface area contributed by atoms with E-state index in [1.54, 1.807) is 0 Å². The Morgan fingerprint density at radius 3 is 2.17 bits per heavy atom. The molecule has 2 aliphatic rings. The Bertz CT molecular complexity index is 690. The van der Waals surface area contributed by atoms with Gasteiger partial charge in [0.2, 0.25) is 5.91 Å². The van der Waals surface area contributed by atoms with Crippen molar-refractivity contribution in [2.75, 3.05) is 13.2 Å². The van der Waals surface area contributed by atoms with Crippen LogP contribution in [-0.2, 0) is 33.6 Å². The summed E-state index contributed by atoms with van der Waals surface area (Å²) >= 11 is 0. The van der Waals surface area contributed by atoms with Crippen LogP contribution in [-0.4, -0.2) is 124 Å². The highest BCUT2D eigenvalue weighted by Crippen LogP contribution is 2.29. The Hall–Kier alpha value is -1.02. The van der Waals surface area contributed by atoms with E-state index in [1.807, 2.05) is 0 Å². The molecule has 10 atom stereocenters. The first-order valence-electron chi connectivity index (χ1n) is 8.72. The molecule has 176 valence electrons. The number of amides is 1. The van der Waals surface area contributed by atoms with Crippen molar-refractivity contribution in [3.8, 4) is 0 Å². The predicted molar refractivity (Wildman–Crippen MR) is 90.6 cm³/mol. The van der Waals surface area contributed by atoms with Gasteiger partial charge in [-0.1, -0.05) is 0 Å². The van der Waals surface area contributed by atoms with Crippen molar-refractivity contribution in [1.82, 2.24) is 5.32 Å². The minimum Gasteiger partial charge on any atom is -0.394 e. The second-order valence-electron chi connectivity index (χ2n) is 6.79. The first-order valence-corrected chi connectivity index (χ1v) is 10.1. The van der Waals surface area contributed by atoms with Gasteiger partial charge in [0.25, 0.3) is 0 Å². The van der Waals surface area contributed by atoms with Crippen molar-refractivity contribution in [2.24, 2.45) is 0 Å². The molecule has 2 aliphatic heterocycles. The number of rotatable bonds is 7.